The van der Waals surface area contributed by atoms with Crippen LogP contribution >= 0.6 is 0 Å². The SMILES string of the molecule is O=C(c1cc2ccccc2[nH]1)N1CCN(CCn2cnc3cc(F)ccc32)CC1. The van der Waals surface area contributed by atoms with Crippen LogP contribution in [0.3, 0.4) is 0 Å². The maximum atomic E-state index is 13.3. The van der Waals surface area contributed by atoms with Gasteiger partial charge in [0.15, 0.2) is 0 Å². The summed E-state index contributed by atoms with van der Waals surface area (Å²) in [6.07, 6.45) is 1.76. The molecule has 29 heavy (non-hydrogen) atoms. The molecule has 148 valence electrons. The molecule has 1 amide bonds. The third kappa shape index (κ3) is 3.49. The van der Waals surface area contributed by atoms with Crippen LogP contribution in [0.25, 0.3) is 21.9 Å². The van der Waals surface area contributed by atoms with E-state index < -0.39 is 0 Å². The van der Waals surface area contributed by atoms with Crippen LogP contribution in [0.4, 0.5) is 4.39 Å². The number of halogens is 1. The second-order valence-corrected chi connectivity index (χ2v) is 7.48. The first kappa shape index (κ1) is 17.9. The van der Waals surface area contributed by atoms with E-state index in [-0.39, 0.29) is 11.7 Å². The molecule has 0 saturated carbocycles. The molecule has 4 aromatic rings. The smallest absolute Gasteiger partial charge is 0.270 e. The Morgan fingerprint density at radius 1 is 1.03 bits per heavy atom. The molecule has 3 heterocycles. The molecule has 1 fully saturated rings. The highest BCUT2D eigenvalue weighted by Gasteiger charge is 2.23. The van der Waals surface area contributed by atoms with E-state index in [1.807, 2.05) is 35.2 Å². The van der Waals surface area contributed by atoms with E-state index in [0.717, 1.165) is 42.6 Å². The molecular weight excluding hydrogens is 369 g/mol. The first-order chi connectivity index (χ1) is 14.2. The average molecular weight is 391 g/mol. The first-order valence-electron chi connectivity index (χ1n) is 9.87. The molecule has 0 unspecified atom stereocenters. The number of H-pyrrole nitrogens is 1. The number of benzene rings is 2. The van der Waals surface area contributed by atoms with E-state index in [1.165, 1.54) is 12.1 Å². The van der Waals surface area contributed by atoms with Crippen LogP contribution in [0.2, 0.25) is 0 Å². The fraction of sp³-hybridized carbons (Fsp3) is 0.273. The zero-order valence-electron chi connectivity index (χ0n) is 16.0. The van der Waals surface area contributed by atoms with Crippen molar-refractivity contribution in [2.45, 2.75) is 6.54 Å². The number of amides is 1. The van der Waals surface area contributed by atoms with E-state index in [2.05, 4.69) is 19.4 Å². The van der Waals surface area contributed by atoms with Gasteiger partial charge in [-0.15, -0.1) is 0 Å². The Balaban J connectivity index is 1.18. The first-order valence-corrected chi connectivity index (χ1v) is 9.87. The van der Waals surface area contributed by atoms with Gasteiger partial charge in [-0.3, -0.25) is 9.69 Å². The summed E-state index contributed by atoms with van der Waals surface area (Å²) < 4.78 is 15.4. The van der Waals surface area contributed by atoms with E-state index in [1.54, 1.807) is 12.4 Å². The van der Waals surface area contributed by atoms with Gasteiger partial charge in [0.1, 0.15) is 11.5 Å². The van der Waals surface area contributed by atoms with E-state index in [9.17, 15) is 9.18 Å². The van der Waals surface area contributed by atoms with Gasteiger partial charge in [0.25, 0.3) is 5.91 Å². The number of nitrogens with one attached hydrogen (secondary N) is 1. The predicted octanol–water partition coefficient (Wildman–Crippen LogP) is 3.11. The second-order valence-electron chi connectivity index (χ2n) is 7.48. The van der Waals surface area contributed by atoms with Crippen LogP contribution in [-0.4, -0.2) is 63.0 Å². The fourth-order valence-electron chi connectivity index (χ4n) is 4.00. The number of piperazine rings is 1. The number of rotatable bonds is 4. The van der Waals surface area contributed by atoms with E-state index >= 15 is 0 Å². The highest BCUT2D eigenvalue weighted by Crippen LogP contribution is 2.17. The Morgan fingerprint density at radius 2 is 1.86 bits per heavy atom. The summed E-state index contributed by atoms with van der Waals surface area (Å²) in [7, 11) is 0. The third-order valence-corrected chi connectivity index (χ3v) is 5.66. The molecule has 2 aromatic heterocycles. The number of aromatic nitrogens is 3. The maximum Gasteiger partial charge on any atom is 0.270 e. The number of hydrogen-bond acceptors (Lipinski definition) is 3. The van der Waals surface area contributed by atoms with Crippen molar-refractivity contribution < 1.29 is 9.18 Å². The summed E-state index contributed by atoms with van der Waals surface area (Å²) in [5.41, 5.74) is 3.26. The van der Waals surface area contributed by atoms with Crippen LogP contribution in [0.1, 0.15) is 10.5 Å². The Kier molecular flexibility index (Phi) is 4.52. The molecule has 6 nitrogen and oxygen atoms in total. The van der Waals surface area contributed by atoms with Crippen molar-refractivity contribution in [2.24, 2.45) is 0 Å². The molecule has 1 aliphatic heterocycles. The molecule has 0 atom stereocenters. The molecule has 0 bridgehead atoms. The number of para-hydroxylation sites is 1. The lowest BCUT2D eigenvalue weighted by atomic mass is 10.2. The summed E-state index contributed by atoms with van der Waals surface area (Å²) in [6, 6.07) is 14.6. The number of aromatic amines is 1. The quantitative estimate of drug-likeness (QED) is 0.582. The number of carbonyl (C=O) groups is 1. The Bertz CT molecular complexity index is 1140. The van der Waals surface area contributed by atoms with Crippen LogP contribution in [0.5, 0.6) is 0 Å². The Hall–Kier alpha value is -3.19. The third-order valence-electron chi connectivity index (χ3n) is 5.66. The van der Waals surface area contributed by atoms with Crippen molar-refractivity contribution in [1.82, 2.24) is 24.3 Å². The lowest BCUT2D eigenvalue weighted by Crippen LogP contribution is -2.49. The summed E-state index contributed by atoms with van der Waals surface area (Å²) >= 11 is 0. The minimum absolute atomic E-state index is 0.0588. The molecule has 1 N–H and O–H groups in total. The van der Waals surface area contributed by atoms with Gasteiger partial charge in [-0.2, -0.15) is 0 Å². The minimum Gasteiger partial charge on any atom is -0.351 e. The second kappa shape index (κ2) is 7.33. The van der Waals surface area contributed by atoms with Crippen molar-refractivity contribution in [3.05, 3.63) is 66.4 Å². The normalized spacial score (nSPS) is 15.4. The molecule has 0 radical (unpaired) electrons. The summed E-state index contributed by atoms with van der Waals surface area (Å²) in [5.74, 6) is -0.206. The van der Waals surface area contributed by atoms with Gasteiger partial charge in [-0.05, 0) is 24.3 Å². The number of hydrogen-bond donors (Lipinski definition) is 1. The number of carbonyl (C=O) groups excluding carboxylic acids is 1. The van der Waals surface area contributed by atoms with Crippen molar-refractivity contribution in [1.29, 1.82) is 0 Å². The van der Waals surface area contributed by atoms with Crippen molar-refractivity contribution in [3.63, 3.8) is 0 Å². The van der Waals surface area contributed by atoms with Crippen molar-refractivity contribution >= 4 is 27.8 Å². The van der Waals surface area contributed by atoms with Crippen LogP contribution in [-0.2, 0) is 6.54 Å². The summed E-state index contributed by atoms with van der Waals surface area (Å²) in [4.78, 5) is 24.6. The molecule has 5 rings (SSSR count). The molecule has 1 aliphatic rings. The lowest BCUT2D eigenvalue weighted by Gasteiger charge is -2.34. The Morgan fingerprint density at radius 3 is 2.69 bits per heavy atom. The van der Waals surface area contributed by atoms with Gasteiger partial charge < -0.3 is 14.5 Å². The zero-order valence-corrected chi connectivity index (χ0v) is 16.0. The molecule has 0 spiro atoms. The fourth-order valence-corrected chi connectivity index (χ4v) is 4.00. The number of fused-ring (bicyclic) bond motifs is 2. The average Bonchev–Trinajstić information content (AvgIpc) is 3.35. The number of nitrogens with zero attached hydrogens (tertiary/aromatic N) is 4. The van der Waals surface area contributed by atoms with Crippen LogP contribution < -0.4 is 0 Å². The lowest BCUT2D eigenvalue weighted by molar-refractivity contribution is 0.0629. The summed E-state index contributed by atoms with van der Waals surface area (Å²) in [6.45, 7) is 4.77. The highest BCUT2D eigenvalue weighted by atomic mass is 19.1. The summed E-state index contributed by atoms with van der Waals surface area (Å²) in [5, 5.41) is 1.06. The Labute approximate surface area is 167 Å². The van der Waals surface area contributed by atoms with Gasteiger partial charge in [-0.25, -0.2) is 9.37 Å². The topological polar surface area (TPSA) is 57.2 Å². The minimum atomic E-state index is -0.265. The largest absolute Gasteiger partial charge is 0.351 e. The van der Waals surface area contributed by atoms with Crippen LogP contribution in [0, 0.1) is 5.82 Å². The van der Waals surface area contributed by atoms with E-state index in [0.29, 0.717) is 24.3 Å². The van der Waals surface area contributed by atoms with Crippen LogP contribution in [0.15, 0.2) is 54.9 Å². The highest BCUT2D eigenvalue weighted by molar-refractivity contribution is 5.98. The maximum absolute atomic E-state index is 13.3. The molecule has 1 saturated heterocycles. The van der Waals surface area contributed by atoms with E-state index in [4.69, 9.17) is 0 Å². The van der Waals surface area contributed by atoms with Gasteiger partial charge in [0, 0.05) is 56.2 Å². The zero-order chi connectivity index (χ0) is 19.8. The standard InChI is InChI=1S/C22H22FN5O/c23-17-5-6-21-19(14-17)24-15-28(21)12-9-26-7-10-27(11-8-26)22(29)20-13-16-3-1-2-4-18(16)25-20/h1-6,13-15,25H,7-12H2. The van der Waals surface area contributed by atoms with Gasteiger partial charge in [0.2, 0.25) is 0 Å². The van der Waals surface area contributed by atoms with Gasteiger partial charge in [-0.1, -0.05) is 18.2 Å². The monoisotopic (exact) mass is 391 g/mol. The van der Waals surface area contributed by atoms with Gasteiger partial charge in [0.05, 0.1) is 17.4 Å². The molecular formula is C22H22FN5O. The van der Waals surface area contributed by atoms with Crippen molar-refractivity contribution in [2.75, 3.05) is 32.7 Å². The molecule has 7 heteroatoms. The van der Waals surface area contributed by atoms with Crippen molar-refractivity contribution in [3.8, 4) is 0 Å². The molecule has 2 aromatic carbocycles. The number of imidazole rings is 1. The predicted molar refractivity (Wildman–Crippen MR) is 110 cm³/mol. The van der Waals surface area contributed by atoms with Gasteiger partial charge >= 0.3 is 0 Å². The molecule has 0 aliphatic carbocycles.